The van der Waals surface area contributed by atoms with Crippen LogP contribution in [0.3, 0.4) is 0 Å². The number of urea groups is 1. The van der Waals surface area contributed by atoms with Gasteiger partial charge in [0.05, 0.1) is 5.56 Å². The third kappa shape index (κ3) is 4.51. The molecule has 22 heavy (non-hydrogen) atoms. The van der Waals surface area contributed by atoms with Gasteiger partial charge in [-0.05, 0) is 43.9 Å². The standard InChI is InChI=1S/C16H19F3N2O/c1-11(12-5-2-3-6-12)10-20-15(22)21-14-8-4-7-13(9-14)16(17,18)19/h4,7-10,12H,2-3,5-6H2,1H3,(H2,20,21,22)/b11-10+. The Morgan fingerprint density at radius 3 is 2.59 bits per heavy atom. The molecular weight excluding hydrogens is 293 g/mol. The van der Waals surface area contributed by atoms with E-state index < -0.39 is 17.8 Å². The summed E-state index contributed by atoms with van der Waals surface area (Å²) in [6.45, 7) is 1.96. The van der Waals surface area contributed by atoms with Gasteiger partial charge in [-0.1, -0.05) is 24.5 Å². The highest BCUT2D eigenvalue weighted by atomic mass is 19.4. The molecule has 0 radical (unpaired) electrons. The van der Waals surface area contributed by atoms with Crippen LogP contribution < -0.4 is 10.6 Å². The molecule has 0 unspecified atom stereocenters. The van der Waals surface area contributed by atoms with Crippen molar-refractivity contribution in [1.29, 1.82) is 0 Å². The van der Waals surface area contributed by atoms with Crippen LogP contribution in [0.5, 0.6) is 0 Å². The number of rotatable bonds is 3. The third-order valence-electron chi connectivity index (χ3n) is 3.88. The maximum absolute atomic E-state index is 12.6. The number of benzene rings is 1. The fraction of sp³-hybridized carbons (Fsp3) is 0.438. The predicted octanol–water partition coefficient (Wildman–Crippen LogP) is 4.92. The normalized spacial score (nSPS) is 16.6. The van der Waals surface area contributed by atoms with Gasteiger partial charge in [-0.25, -0.2) is 4.79 Å². The van der Waals surface area contributed by atoms with Crippen molar-refractivity contribution in [3.63, 3.8) is 0 Å². The van der Waals surface area contributed by atoms with E-state index in [9.17, 15) is 18.0 Å². The Labute approximate surface area is 127 Å². The molecule has 0 saturated heterocycles. The molecule has 2 amide bonds. The number of anilines is 1. The number of amides is 2. The van der Waals surface area contributed by atoms with Crippen molar-refractivity contribution in [3.8, 4) is 0 Å². The maximum atomic E-state index is 12.6. The lowest BCUT2D eigenvalue weighted by Crippen LogP contribution is -2.25. The number of hydrogen-bond donors (Lipinski definition) is 2. The average molecular weight is 312 g/mol. The topological polar surface area (TPSA) is 41.1 Å². The first-order valence-electron chi connectivity index (χ1n) is 7.27. The highest BCUT2D eigenvalue weighted by molar-refractivity contribution is 5.90. The van der Waals surface area contributed by atoms with Crippen molar-refractivity contribution in [2.24, 2.45) is 5.92 Å². The molecule has 6 heteroatoms. The highest BCUT2D eigenvalue weighted by Crippen LogP contribution is 2.31. The lowest BCUT2D eigenvalue weighted by molar-refractivity contribution is -0.137. The Hall–Kier alpha value is -1.98. The maximum Gasteiger partial charge on any atom is 0.416 e. The highest BCUT2D eigenvalue weighted by Gasteiger charge is 2.30. The molecule has 0 spiro atoms. The Balaban J connectivity index is 1.93. The Kier molecular flexibility index (Phi) is 5.11. The van der Waals surface area contributed by atoms with Gasteiger partial charge in [0, 0.05) is 11.9 Å². The minimum absolute atomic E-state index is 0.110. The molecular formula is C16H19F3N2O. The van der Waals surface area contributed by atoms with Gasteiger partial charge in [-0.2, -0.15) is 13.2 Å². The monoisotopic (exact) mass is 312 g/mol. The zero-order chi connectivity index (χ0) is 16.2. The molecule has 0 bridgehead atoms. The summed E-state index contributed by atoms with van der Waals surface area (Å²) < 4.78 is 37.8. The van der Waals surface area contributed by atoms with Crippen LogP contribution in [0.25, 0.3) is 0 Å². The van der Waals surface area contributed by atoms with Crippen molar-refractivity contribution in [2.45, 2.75) is 38.8 Å². The van der Waals surface area contributed by atoms with Gasteiger partial charge in [0.15, 0.2) is 0 Å². The first kappa shape index (κ1) is 16.4. The molecule has 2 N–H and O–H groups in total. The van der Waals surface area contributed by atoms with Crippen LogP contribution in [0.4, 0.5) is 23.7 Å². The molecule has 1 aliphatic rings. The second-order valence-electron chi connectivity index (χ2n) is 5.55. The number of nitrogens with one attached hydrogen (secondary N) is 2. The largest absolute Gasteiger partial charge is 0.416 e. The van der Waals surface area contributed by atoms with Gasteiger partial charge in [0.2, 0.25) is 0 Å². The van der Waals surface area contributed by atoms with Gasteiger partial charge < -0.3 is 10.6 Å². The second kappa shape index (κ2) is 6.85. The predicted molar refractivity (Wildman–Crippen MR) is 79.3 cm³/mol. The van der Waals surface area contributed by atoms with Crippen LogP contribution in [0, 0.1) is 5.92 Å². The van der Waals surface area contributed by atoms with E-state index in [1.807, 2.05) is 6.92 Å². The Morgan fingerprint density at radius 2 is 1.95 bits per heavy atom. The van der Waals surface area contributed by atoms with Gasteiger partial charge in [0.25, 0.3) is 0 Å². The number of carbonyl (C=O) groups excluding carboxylic acids is 1. The number of carbonyl (C=O) groups is 1. The first-order valence-corrected chi connectivity index (χ1v) is 7.27. The first-order chi connectivity index (χ1) is 10.4. The average Bonchev–Trinajstić information content (AvgIpc) is 2.98. The number of allylic oxidation sites excluding steroid dienone is 1. The molecule has 1 aliphatic carbocycles. The third-order valence-corrected chi connectivity index (χ3v) is 3.88. The molecule has 120 valence electrons. The van der Waals surface area contributed by atoms with E-state index in [0.29, 0.717) is 5.92 Å². The molecule has 1 aromatic carbocycles. The van der Waals surface area contributed by atoms with Crippen molar-refractivity contribution < 1.29 is 18.0 Å². The van der Waals surface area contributed by atoms with E-state index in [2.05, 4.69) is 10.6 Å². The van der Waals surface area contributed by atoms with Crippen LogP contribution in [0.1, 0.15) is 38.2 Å². The zero-order valence-corrected chi connectivity index (χ0v) is 12.3. The van der Waals surface area contributed by atoms with Crippen molar-refractivity contribution >= 4 is 11.7 Å². The smallest absolute Gasteiger partial charge is 0.314 e. The lowest BCUT2D eigenvalue weighted by atomic mass is 10.0. The summed E-state index contributed by atoms with van der Waals surface area (Å²) in [4.78, 5) is 11.7. The summed E-state index contributed by atoms with van der Waals surface area (Å²) in [5, 5.41) is 4.98. The van der Waals surface area contributed by atoms with Gasteiger partial charge >= 0.3 is 12.2 Å². The van der Waals surface area contributed by atoms with Crippen molar-refractivity contribution in [1.82, 2.24) is 5.32 Å². The molecule has 0 heterocycles. The number of alkyl halides is 3. The molecule has 1 fully saturated rings. The minimum Gasteiger partial charge on any atom is -0.314 e. The van der Waals surface area contributed by atoms with Gasteiger partial charge in [-0.3, -0.25) is 0 Å². The summed E-state index contributed by atoms with van der Waals surface area (Å²) in [5.41, 5.74) is 0.416. The second-order valence-corrected chi connectivity index (χ2v) is 5.55. The Bertz CT molecular complexity index is 561. The van der Waals surface area contributed by atoms with E-state index in [1.54, 1.807) is 6.20 Å². The van der Waals surface area contributed by atoms with Crippen LogP contribution in [-0.4, -0.2) is 6.03 Å². The van der Waals surface area contributed by atoms with Crippen LogP contribution in [-0.2, 0) is 6.18 Å². The van der Waals surface area contributed by atoms with Crippen LogP contribution in [0.2, 0.25) is 0 Å². The Morgan fingerprint density at radius 1 is 1.27 bits per heavy atom. The molecule has 2 rings (SSSR count). The fourth-order valence-electron chi connectivity index (χ4n) is 2.62. The summed E-state index contributed by atoms with van der Waals surface area (Å²) in [5.74, 6) is 0.494. The molecule has 3 nitrogen and oxygen atoms in total. The molecule has 0 aromatic heterocycles. The minimum atomic E-state index is -4.42. The lowest BCUT2D eigenvalue weighted by Gasteiger charge is -2.11. The van der Waals surface area contributed by atoms with Crippen LogP contribution >= 0.6 is 0 Å². The number of hydrogen-bond acceptors (Lipinski definition) is 1. The zero-order valence-electron chi connectivity index (χ0n) is 12.3. The van der Waals surface area contributed by atoms with Crippen molar-refractivity contribution in [2.75, 3.05) is 5.32 Å². The van der Waals surface area contributed by atoms with Crippen molar-refractivity contribution in [3.05, 3.63) is 41.6 Å². The van der Waals surface area contributed by atoms with E-state index in [4.69, 9.17) is 0 Å². The van der Waals surface area contributed by atoms with E-state index in [0.717, 1.165) is 30.5 Å². The SMILES string of the molecule is C/C(=C\NC(=O)Nc1cccc(C(F)(F)F)c1)C1CCCC1. The van der Waals surface area contributed by atoms with E-state index in [1.165, 1.54) is 25.0 Å². The summed E-state index contributed by atoms with van der Waals surface area (Å²) in [7, 11) is 0. The number of halogens is 3. The summed E-state index contributed by atoms with van der Waals surface area (Å²) in [6.07, 6.45) is 1.86. The summed E-state index contributed by atoms with van der Waals surface area (Å²) in [6, 6.07) is 4.01. The quantitative estimate of drug-likeness (QED) is 0.817. The van der Waals surface area contributed by atoms with Crippen LogP contribution in [0.15, 0.2) is 36.0 Å². The van der Waals surface area contributed by atoms with Gasteiger partial charge in [-0.15, -0.1) is 0 Å². The van der Waals surface area contributed by atoms with Gasteiger partial charge in [0.1, 0.15) is 0 Å². The fourth-order valence-corrected chi connectivity index (χ4v) is 2.62. The summed E-state index contributed by atoms with van der Waals surface area (Å²) >= 11 is 0. The van der Waals surface area contributed by atoms with E-state index >= 15 is 0 Å². The molecule has 1 aromatic rings. The molecule has 0 aliphatic heterocycles. The molecule has 1 saturated carbocycles. The van der Waals surface area contributed by atoms with E-state index in [-0.39, 0.29) is 5.69 Å². The molecule has 0 atom stereocenters.